The van der Waals surface area contributed by atoms with Crippen LogP contribution in [-0.2, 0) is 0 Å². The zero-order valence-electron chi connectivity index (χ0n) is 6.10. The van der Waals surface area contributed by atoms with Crippen molar-refractivity contribution in [3.8, 4) is 0 Å². The van der Waals surface area contributed by atoms with Crippen LogP contribution >= 0.6 is 0 Å². The van der Waals surface area contributed by atoms with Gasteiger partial charge in [0.2, 0.25) is 0 Å². The Morgan fingerprint density at radius 2 is 2.33 bits per heavy atom. The quantitative estimate of drug-likeness (QED) is 0.418. The van der Waals surface area contributed by atoms with Crippen molar-refractivity contribution in [2.45, 2.75) is 18.4 Å². The van der Waals surface area contributed by atoms with E-state index in [1.54, 1.807) is 0 Å². The van der Waals surface area contributed by atoms with E-state index in [2.05, 4.69) is 4.90 Å². The third-order valence-electron chi connectivity index (χ3n) is 2.00. The first-order valence-corrected chi connectivity index (χ1v) is 3.53. The number of nitrogens with zero attached hydrogens (tertiary/aromatic N) is 1. The molecule has 1 unspecified atom stereocenters. The third kappa shape index (κ3) is 1.68. The monoisotopic (exact) mass is 129 g/mol. The Labute approximate surface area is 56.6 Å². The van der Waals surface area contributed by atoms with Crippen molar-refractivity contribution >= 4 is 7.85 Å². The summed E-state index contributed by atoms with van der Waals surface area (Å²) in [5, 5.41) is 0. The Hall–Kier alpha value is -0.0451. The van der Waals surface area contributed by atoms with E-state index in [9.17, 15) is 4.39 Å². The molecule has 1 nitrogen and oxygen atoms in total. The molecular weight excluding hydrogens is 116 g/mol. The van der Waals surface area contributed by atoms with Crippen molar-refractivity contribution in [3.63, 3.8) is 0 Å². The zero-order chi connectivity index (χ0) is 6.85. The first-order chi connectivity index (χ1) is 4.20. The van der Waals surface area contributed by atoms with Crippen molar-refractivity contribution < 1.29 is 4.39 Å². The van der Waals surface area contributed by atoms with Crippen LogP contribution < -0.4 is 0 Å². The van der Waals surface area contributed by atoms with Gasteiger partial charge in [0.15, 0.2) is 0 Å². The number of likely N-dealkylation sites (tertiary alicyclic amines) is 1. The molecule has 0 aromatic rings. The molecule has 1 saturated heterocycles. The molecule has 3 heteroatoms. The van der Waals surface area contributed by atoms with Crippen molar-refractivity contribution in [2.24, 2.45) is 0 Å². The maximum absolute atomic E-state index is 12.7. The summed E-state index contributed by atoms with van der Waals surface area (Å²) in [6.45, 7) is 1.84. The molecule has 0 aliphatic carbocycles. The van der Waals surface area contributed by atoms with Gasteiger partial charge in [-0.05, 0) is 25.8 Å². The fourth-order valence-corrected chi connectivity index (χ4v) is 1.33. The lowest BCUT2D eigenvalue weighted by atomic mass is 9.79. The number of alkyl halides is 1. The lowest BCUT2D eigenvalue weighted by molar-refractivity contribution is 0.175. The molecule has 0 N–H and O–H groups in total. The first-order valence-electron chi connectivity index (χ1n) is 3.53. The second-order valence-corrected chi connectivity index (χ2v) is 3.04. The van der Waals surface area contributed by atoms with Gasteiger partial charge in [0, 0.05) is 6.54 Å². The maximum Gasteiger partial charge on any atom is 0.110 e. The van der Waals surface area contributed by atoms with Crippen LogP contribution in [0.25, 0.3) is 0 Å². The number of hydrogen-bond donors (Lipinski definition) is 0. The summed E-state index contributed by atoms with van der Waals surface area (Å²) in [4.78, 5) is 2.18. The highest BCUT2D eigenvalue weighted by Crippen LogP contribution is 2.20. The summed E-state index contributed by atoms with van der Waals surface area (Å²) in [6.07, 6.45) is 0.165. The fraction of sp³-hybridized carbons (Fsp3) is 1.00. The minimum atomic E-state index is -0.554. The van der Waals surface area contributed by atoms with E-state index in [-0.39, 0.29) is 5.82 Å². The Bertz CT molecular complexity index is 99.1. The number of piperidine rings is 1. The molecule has 1 fully saturated rings. The van der Waals surface area contributed by atoms with Crippen molar-refractivity contribution in [1.82, 2.24) is 4.90 Å². The van der Waals surface area contributed by atoms with E-state index in [1.165, 1.54) is 0 Å². The summed E-state index contributed by atoms with van der Waals surface area (Å²) in [7, 11) is 4.02. The number of hydrogen-bond acceptors (Lipinski definition) is 1. The van der Waals surface area contributed by atoms with Crippen LogP contribution in [0.3, 0.4) is 0 Å². The molecule has 2 atom stereocenters. The van der Waals surface area contributed by atoms with Crippen LogP contribution in [0.4, 0.5) is 4.39 Å². The van der Waals surface area contributed by atoms with E-state index in [0.29, 0.717) is 0 Å². The van der Waals surface area contributed by atoms with Crippen LogP contribution in [0.1, 0.15) is 6.42 Å². The second-order valence-electron chi connectivity index (χ2n) is 3.04. The Balaban J connectivity index is 2.35. The van der Waals surface area contributed by atoms with Gasteiger partial charge >= 0.3 is 0 Å². The van der Waals surface area contributed by atoms with Gasteiger partial charge in [0.25, 0.3) is 0 Å². The second kappa shape index (κ2) is 2.69. The summed E-state index contributed by atoms with van der Waals surface area (Å²) in [5.41, 5.74) is 0. The smallest absolute Gasteiger partial charge is 0.110 e. The summed E-state index contributed by atoms with van der Waals surface area (Å²) in [6, 6.07) is 0. The highest BCUT2D eigenvalue weighted by atomic mass is 19.1. The average molecular weight is 129 g/mol. The highest BCUT2D eigenvalue weighted by molar-refractivity contribution is 6.12. The highest BCUT2D eigenvalue weighted by Gasteiger charge is 2.22. The molecule has 0 aromatic carbocycles. The van der Waals surface area contributed by atoms with Crippen molar-refractivity contribution in [2.75, 3.05) is 20.1 Å². The molecule has 1 aliphatic heterocycles. The van der Waals surface area contributed by atoms with Gasteiger partial charge < -0.3 is 4.90 Å². The molecule has 9 heavy (non-hydrogen) atoms. The molecule has 52 valence electrons. The van der Waals surface area contributed by atoms with E-state index < -0.39 is 6.17 Å². The lowest BCUT2D eigenvalue weighted by Gasteiger charge is -2.30. The molecule has 1 rings (SSSR count). The predicted octanol–water partition coefficient (Wildman–Crippen LogP) is 0.0816. The van der Waals surface area contributed by atoms with Gasteiger partial charge in [-0.3, -0.25) is 0 Å². The topological polar surface area (TPSA) is 3.24 Å². The summed E-state index contributed by atoms with van der Waals surface area (Å²) >= 11 is 0. The zero-order valence-corrected chi connectivity index (χ0v) is 6.10. The Kier molecular flexibility index (Phi) is 2.11. The minimum Gasteiger partial charge on any atom is -0.307 e. The van der Waals surface area contributed by atoms with Crippen LogP contribution in [0, 0.1) is 0 Å². The van der Waals surface area contributed by atoms with Gasteiger partial charge in [0.1, 0.15) is 7.85 Å². The van der Waals surface area contributed by atoms with Crippen LogP contribution in [0.2, 0.25) is 5.82 Å². The van der Waals surface area contributed by atoms with Crippen LogP contribution in [0.15, 0.2) is 0 Å². The predicted molar refractivity (Wildman–Crippen MR) is 39.3 cm³/mol. The van der Waals surface area contributed by atoms with Crippen LogP contribution in [0.5, 0.6) is 0 Å². The van der Waals surface area contributed by atoms with Gasteiger partial charge in [-0.15, -0.1) is 0 Å². The number of rotatable bonds is 0. The normalized spacial score (nSPS) is 38.9. The van der Waals surface area contributed by atoms with E-state index in [0.717, 1.165) is 19.5 Å². The van der Waals surface area contributed by atoms with Crippen molar-refractivity contribution in [3.05, 3.63) is 0 Å². The molecule has 0 bridgehead atoms. The standard InChI is InChI=1S/C6H13BFN/c1-9-3-2-6(8)5(7)4-9/h5-6H,2-4,7H2,1H3/t5?,6-/m0/s1. The molecular formula is C6H13BFN. The van der Waals surface area contributed by atoms with Crippen LogP contribution in [-0.4, -0.2) is 39.1 Å². The van der Waals surface area contributed by atoms with Gasteiger partial charge in [-0.1, -0.05) is 0 Å². The largest absolute Gasteiger partial charge is 0.307 e. The molecule has 0 saturated carbocycles. The van der Waals surface area contributed by atoms with Crippen molar-refractivity contribution in [1.29, 1.82) is 0 Å². The third-order valence-corrected chi connectivity index (χ3v) is 2.00. The maximum atomic E-state index is 12.7. The molecule has 1 aliphatic rings. The SMILES string of the molecule is BC1CN(C)CC[C@@H]1F. The van der Waals surface area contributed by atoms with Gasteiger partial charge in [-0.25, -0.2) is 4.39 Å². The Morgan fingerprint density at radius 1 is 1.67 bits per heavy atom. The van der Waals surface area contributed by atoms with Gasteiger partial charge in [-0.2, -0.15) is 0 Å². The summed E-state index contributed by atoms with van der Waals surface area (Å²) < 4.78 is 12.7. The molecule has 0 spiro atoms. The number of halogens is 1. The molecule has 0 radical (unpaired) electrons. The minimum absolute atomic E-state index is 0.240. The van der Waals surface area contributed by atoms with E-state index >= 15 is 0 Å². The lowest BCUT2D eigenvalue weighted by Crippen LogP contribution is -2.35. The summed E-state index contributed by atoms with van der Waals surface area (Å²) in [5.74, 6) is 0.240. The molecule has 0 amide bonds. The molecule has 1 heterocycles. The van der Waals surface area contributed by atoms with E-state index in [4.69, 9.17) is 0 Å². The Morgan fingerprint density at radius 3 is 2.78 bits per heavy atom. The fourth-order valence-electron chi connectivity index (χ4n) is 1.33. The molecule has 0 aromatic heterocycles. The average Bonchev–Trinajstić information content (AvgIpc) is 1.80. The first kappa shape index (κ1) is 7.07. The van der Waals surface area contributed by atoms with E-state index in [1.807, 2.05) is 14.9 Å². The van der Waals surface area contributed by atoms with Gasteiger partial charge in [0.05, 0.1) is 6.17 Å².